The minimum absolute atomic E-state index is 0.0384. The first-order chi connectivity index (χ1) is 11.6. The maximum Gasteiger partial charge on any atom is 0.359 e. The summed E-state index contributed by atoms with van der Waals surface area (Å²) in [5.74, 6) is 0.00137. The van der Waals surface area contributed by atoms with Crippen molar-refractivity contribution in [1.82, 2.24) is 9.97 Å². The van der Waals surface area contributed by atoms with Gasteiger partial charge >= 0.3 is 5.97 Å². The van der Waals surface area contributed by atoms with Crippen LogP contribution in [-0.4, -0.2) is 41.2 Å². The van der Waals surface area contributed by atoms with Gasteiger partial charge in [-0.1, -0.05) is 0 Å². The molecule has 0 aliphatic carbocycles. The number of aromatic nitrogens is 2. The molecule has 0 saturated heterocycles. The molecule has 8 heteroatoms. The highest BCUT2D eigenvalue weighted by atomic mass is 16.6. The zero-order chi connectivity index (χ0) is 16.9. The average molecular weight is 329 g/mol. The van der Waals surface area contributed by atoms with E-state index in [4.69, 9.17) is 14.2 Å². The number of carbonyl (C=O) groups excluding carboxylic acids is 2. The van der Waals surface area contributed by atoms with Crippen LogP contribution in [0.3, 0.4) is 0 Å². The topological polar surface area (TPSA) is 99.6 Å². The molecule has 24 heavy (non-hydrogen) atoms. The highest BCUT2D eigenvalue weighted by Crippen LogP contribution is 2.32. The van der Waals surface area contributed by atoms with Crippen molar-refractivity contribution in [3.63, 3.8) is 0 Å². The zero-order valence-corrected chi connectivity index (χ0v) is 12.9. The van der Waals surface area contributed by atoms with Gasteiger partial charge in [-0.25, -0.2) is 9.78 Å². The van der Waals surface area contributed by atoms with Crippen LogP contribution >= 0.6 is 0 Å². The largest absolute Gasteiger partial charge is 0.486 e. The van der Waals surface area contributed by atoms with Gasteiger partial charge in [-0.2, -0.15) is 0 Å². The quantitative estimate of drug-likeness (QED) is 0.847. The third kappa shape index (κ3) is 3.60. The molecular weight excluding hydrogens is 314 g/mol. The fraction of sp³-hybridized carbons (Fsp3) is 0.250. The summed E-state index contributed by atoms with van der Waals surface area (Å²) in [6.45, 7) is 2.42. The lowest BCUT2D eigenvalue weighted by molar-refractivity contribution is -0.123. The highest BCUT2D eigenvalue weighted by Gasteiger charge is 2.21. The monoisotopic (exact) mass is 329 g/mol. The first kappa shape index (κ1) is 15.7. The number of nitrogens with one attached hydrogen (secondary N) is 1. The average Bonchev–Trinajstić information content (AvgIpc) is 2.62. The van der Waals surface area contributed by atoms with Gasteiger partial charge < -0.3 is 19.5 Å². The summed E-state index contributed by atoms with van der Waals surface area (Å²) in [5, 5.41) is 2.66. The molecule has 8 nitrogen and oxygen atoms in total. The number of carbonyl (C=O) groups is 2. The Morgan fingerprint density at radius 2 is 2.00 bits per heavy atom. The van der Waals surface area contributed by atoms with E-state index >= 15 is 0 Å². The third-order valence-corrected chi connectivity index (χ3v) is 3.24. The van der Waals surface area contributed by atoms with Crippen molar-refractivity contribution in [2.24, 2.45) is 0 Å². The van der Waals surface area contributed by atoms with Crippen LogP contribution in [0.15, 0.2) is 36.8 Å². The summed E-state index contributed by atoms with van der Waals surface area (Å²) < 4.78 is 15.9. The van der Waals surface area contributed by atoms with Gasteiger partial charge in [0.05, 0.1) is 6.20 Å². The fourth-order valence-corrected chi connectivity index (χ4v) is 2.04. The summed E-state index contributed by atoms with van der Waals surface area (Å²) in [7, 11) is 0. The number of esters is 1. The zero-order valence-electron chi connectivity index (χ0n) is 12.9. The molecule has 2 heterocycles. The number of amides is 1. The van der Waals surface area contributed by atoms with E-state index in [1.807, 2.05) is 0 Å². The number of hydrogen-bond acceptors (Lipinski definition) is 7. The Morgan fingerprint density at radius 1 is 1.21 bits per heavy atom. The Hall–Kier alpha value is -3.16. The van der Waals surface area contributed by atoms with E-state index in [9.17, 15) is 9.59 Å². The molecule has 1 aromatic carbocycles. The summed E-state index contributed by atoms with van der Waals surface area (Å²) in [6, 6.07) is 5.05. The predicted octanol–water partition coefficient (Wildman–Crippen LogP) is 1.43. The van der Waals surface area contributed by atoms with Crippen LogP contribution in [0.2, 0.25) is 0 Å². The standard InChI is InChI=1S/C16H15N3O5/c1-10(24-16(21)12-9-17-4-5-18-12)15(20)19-11-2-3-13-14(8-11)23-7-6-22-13/h2-5,8-10H,6-7H2,1H3,(H,19,20)/t10-/m0/s1. The summed E-state index contributed by atoms with van der Waals surface area (Å²) in [5.41, 5.74) is 0.558. The van der Waals surface area contributed by atoms with Gasteiger partial charge in [-0.3, -0.25) is 9.78 Å². The van der Waals surface area contributed by atoms with E-state index in [1.54, 1.807) is 18.2 Å². The van der Waals surface area contributed by atoms with Crippen LogP contribution in [0.1, 0.15) is 17.4 Å². The highest BCUT2D eigenvalue weighted by molar-refractivity contribution is 5.96. The molecule has 1 aliphatic heterocycles. The lowest BCUT2D eigenvalue weighted by Gasteiger charge is -2.19. The van der Waals surface area contributed by atoms with Gasteiger partial charge in [0, 0.05) is 24.1 Å². The molecule has 0 bridgehead atoms. The minimum atomic E-state index is -0.993. The van der Waals surface area contributed by atoms with Crippen molar-refractivity contribution in [3.8, 4) is 11.5 Å². The molecule has 0 fully saturated rings. The number of fused-ring (bicyclic) bond motifs is 1. The lowest BCUT2D eigenvalue weighted by Crippen LogP contribution is -2.30. The van der Waals surface area contributed by atoms with Crippen LogP contribution in [0.5, 0.6) is 11.5 Å². The minimum Gasteiger partial charge on any atom is -0.486 e. The molecule has 1 atom stereocenters. The number of anilines is 1. The molecule has 124 valence electrons. The smallest absolute Gasteiger partial charge is 0.359 e. The number of ether oxygens (including phenoxy) is 3. The Bertz CT molecular complexity index is 751. The van der Waals surface area contributed by atoms with Gasteiger partial charge in [-0.15, -0.1) is 0 Å². The normalized spacial score (nSPS) is 13.7. The molecule has 1 aromatic heterocycles. The molecular formula is C16H15N3O5. The Kier molecular flexibility index (Phi) is 4.55. The molecule has 0 spiro atoms. The van der Waals surface area contributed by atoms with Crippen LogP contribution in [0, 0.1) is 0 Å². The molecule has 1 amide bonds. The van der Waals surface area contributed by atoms with Gasteiger partial charge in [0.1, 0.15) is 13.2 Å². The van der Waals surface area contributed by atoms with Crippen LogP contribution in [0.4, 0.5) is 5.69 Å². The van der Waals surface area contributed by atoms with E-state index in [1.165, 1.54) is 25.5 Å². The number of rotatable bonds is 4. The van der Waals surface area contributed by atoms with Crippen molar-refractivity contribution in [2.75, 3.05) is 18.5 Å². The SMILES string of the molecule is C[C@H](OC(=O)c1cnccn1)C(=O)Nc1ccc2c(c1)OCCO2. The van der Waals surface area contributed by atoms with E-state index in [0.29, 0.717) is 30.4 Å². The molecule has 2 aromatic rings. The Labute approximate surface area is 137 Å². The van der Waals surface area contributed by atoms with Crippen molar-refractivity contribution >= 4 is 17.6 Å². The van der Waals surface area contributed by atoms with Gasteiger partial charge in [0.25, 0.3) is 5.91 Å². The molecule has 3 rings (SSSR count). The predicted molar refractivity (Wildman–Crippen MR) is 83.0 cm³/mol. The van der Waals surface area contributed by atoms with E-state index in [-0.39, 0.29) is 5.69 Å². The second kappa shape index (κ2) is 6.95. The van der Waals surface area contributed by atoms with Crippen molar-refractivity contribution in [1.29, 1.82) is 0 Å². The molecule has 0 saturated carbocycles. The summed E-state index contributed by atoms with van der Waals surface area (Å²) in [6.07, 6.45) is 3.09. The van der Waals surface area contributed by atoms with Gasteiger partial charge in [0.15, 0.2) is 23.3 Å². The second-order valence-corrected chi connectivity index (χ2v) is 4.99. The number of hydrogen-bond donors (Lipinski definition) is 1. The summed E-state index contributed by atoms with van der Waals surface area (Å²) in [4.78, 5) is 31.6. The molecule has 1 N–H and O–H groups in total. The fourth-order valence-electron chi connectivity index (χ4n) is 2.04. The first-order valence-electron chi connectivity index (χ1n) is 7.31. The van der Waals surface area contributed by atoms with Crippen molar-refractivity contribution < 1.29 is 23.8 Å². The van der Waals surface area contributed by atoms with Crippen LogP contribution < -0.4 is 14.8 Å². The third-order valence-electron chi connectivity index (χ3n) is 3.24. The molecule has 0 radical (unpaired) electrons. The molecule has 1 aliphatic rings. The van der Waals surface area contributed by atoms with E-state index < -0.39 is 18.0 Å². The number of nitrogens with zero attached hydrogens (tertiary/aromatic N) is 2. The lowest BCUT2D eigenvalue weighted by atomic mass is 10.2. The molecule has 0 unspecified atom stereocenters. The van der Waals surface area contributed by atoms with Crippen LogP contribution in [0.25, 0.3) is 0 Å². The van der Waals surface area contributed by atoms with Crippen molar-refractivity contribution in [2.45, 2.75) is 13.0 Å². The Morgan fingerprint density at radius 3 is 2.75 bits per heavy atom. The van der Waals surface area contributed by atoms with E-state index in [2.05, 4.69) is 15.3 Å². The van der Waals surface area contributed by atoms with Crippen molar-refractivity contribution in [3.05, 3.63) is 42.5 Å². The van der Waals surface area contributed by atoms with Crippen LogP contribution in [-0.2, 0) is 9.53 Å². The van der Waals surface area contributed by atoms with Gasteiger partial charge in [-0.05, 0) is 19.1 Å². The van der Waals surface area contributed by atoms with Gasteiger partial charge in [0.2, 0.25) is 0 Å². The first-order valence-corrected chi connectivity index (χ1v) is 7.31. The second-order valence-electron chi connectivity index (χ2n) is 4.99. The van der Waals surface area contributed by atoms with E-state index in [0.717, 1.165) is 0 Å². The Balaban J connectivity index is 1.61. The number of benzene rings is 1. The maximum atomic E-state index is 12.2. The summed E-state index contributed by atoms with van der Waals surface area (Å²) >= 11 is 0. The maximum absolute atomic E-state index is 12.2.